The molecular formula is C13H21N3O2. The van der Waals surface area contributed by atoms with Gasteiger partial charge in [-0.3, -0.25) is 4.98 Å². The van der Waals surface area contributed by atoms with Gasteiger partial charge < -0.3 is 14.4 Å². The van der Waals surface area contributed by atoms with Gasteiger partial charge >= 0.3 is 0 Å². The van der Waals surface area contributed by atoms with E-state index >= 15 is 0 Å². The minimum atomic E-state index is -0.0957. The third-order valence-corrected chi connectivity index (χ3v) is 3.30. The van der Waals surface area contributed by atoms with Crippen molar-refractivity contribution in [3.05, 3.63) is 12.4 Å². The first-order chi connectivity index (χ1) is 8.67. The monoisotopic (exact) mass is 251 g/mol. The summed E-state index contributed by atoms with van der Waals surface area (Å²) < 4.78 is 11.2. The van der Waals surface area contributed by atoms with Crippen molar-refractivity contribution in [2.24, 2.45) is 0 Å². The van der Waals surface area contributed by atoms with E-state index in [1.807, 2.05) is 6.92 Å². The summed E-state index contributed by atoms with van der Waals surface area (Å²) in [5.74, 6) is 1.45. The lowest BCUT2D eigenvalue weighted by molar-refractivity contribution is -0.0443. The molecule has 2 heterocycles. The molecule has 1 aliphatic heterocycles. The fourth-order valence-corrected chi connectivity index (χ4v) is 2.05. The SMILES string of the molecule is CCOc1cncc(N2CCOC(C)(CC)C2)n1. The van der Waals surface area contributed by atoms with Crippen molar-refractivity contribution in [2.75, 3.05) is 31.2 Å². The number of morpholine rings is 1. The largest absolute Gasteiger partial charge is 0.477 e. The minimum absolute atomic E-state index is 0.0957. The molecule has 1 fully saturated rings. The quantitative estimate of drug-likeness (QED) is 0.817. The van der Waals surface area contributed by atoms with E-state index in [1.165, 1.54) is 0 Å². The molecule has 0 aromatic carbocycles. The fraction of sp³-hybridized carbons (Fsp3) is 0.692. The molecule has 5 heteroatoms. The highest BCUT2D eigenvalue weighted by Crippen LogP contribution is 2.24. The number of rotatable bonds is 4. The van der Waals surface area contributed by atoms with Crippen LogP contribution in [0.1, 0.15) is 27.2 Å². The molecule has 1 saturated heterocycles. The van der Waals surface area contributed by atoms with Crippen LogP contribution in [0.4, 0.5) is 5.82 Å². The van der Waals surface area contributed by atoms with Gasteiger partial charge in [0.1, 0.15) is 0 Å². The molecule has 0 aliphatic carbocycles. The van der Waals surface area contributed by atoms with Crippen molar-refractivity contribution >= 4 is 5.82 Å². The van der Waals surface area contributed by atoms with Crippen molar-refractivity contribution in [3.63, 3.8) is 0 Å². The summed E-state index contributed by atoms with van der Waals surface area (Å²) in [5.41, 5.74) is -0.0957. The summed E-state index contributed by atoms with van der Waals surface area (Å²) in [6, 6.07) is 0. The van der Waals surface area contributed by atoms with E-state index in [0.29, 0.717) is 12.5 Å². The lowest BCUT2D eigenvalue weighted by atomic mass is 10.0. The van der Waals surface area contributed by atoms with Gasteiger partial charge in [0.05, 0.1) is 31.2 Å². The Kier molecular flexibility index (Phi) is 4.01. The summed E-state index contributed by atoms with van der Waals surface area (Å²) in [6.45, 7) is 9.24. The molecule has 18 heavy (non-hydrogen) atoms. The summed E-state index contributed by atoms with van der Waals surface area (Å²) in [6.07, 6.45) is 4.42. The van der Waals surface area contributed by atoms with Crippen LogP contribution in [0.15, 0.2) is 12.4 Å². The molecule has 100 valence electrons. The van der Waals surface area contributed by atoms with Gasteiger partial charge in [-0.05, 0) is 20.3 Å². The van der Waals surface area contributed by atoms with Gasteiger partial charge in [-0.2, -0.15) is 4.98 Å². The molecule has 0 N–H and O–H groups in total. The average Bonchev–Trinajstić information content (AvgIpc) is 2.40. The molecule has 1 unspecified atom stereocenters. The van der Waals surface area contributed by atoms with Gasteiger partial charge in [0.2, 0.25) is 5.88 Å². The lowest BCUT2D eigenvalue weighted by Crippen LogP contribution is -2.50. The second kappa shape index (κ2) is 5.52. The van der Waals surface area contributed by atoms with E-state index < -0.39 is 0 Å². The van der Waals surface area contributed by atoms with E-state index in [0.717, 1.165) is 31.9 Å². The molecular weight excluding hydrogens is 230 g/mol. The summed E-state index contributed by atoms with van der Waals surface area (Å²) in [5, 5.41) is 0. The second-order valence-electron chi connectivity index (χ2n) is 4.72. The fourth-order valence-electron chi connectivity index (χ4n) is 2.05. The van der Waals surface area contributed by atoms with E-state index in [9.17, 15) is 0 Å². The Bertz CT molecular complexity index is 400. The first-order valence-corrected chi connectivity index (χ1v) is 6.50. The number of hydrogen-bond donors (Lipinski definition) is 0. The van der Waals surface area contributed by atoms with Crippen LogP contribution in [-0.4, -0.2) is 41.9 Å². The predicted molar refractivity (Wildman–Crippen MR) is 70.1 cm³/mol. The first-order valence-electron chi connectivity index (χ1n) is 6.50. The zero-order valence-electron chi connectivity index (χ0n) is 11.3. The molecule has 0 radical (unpaired) electrons. The van der Waals surface area contributed by atoms with Crippen molar-refractivity contribution in [1.82, 2.24) is 9.97 Å². The Labute approximate surface area is 108 Å². The molecule has 0 bridgehead atoms. The van der Waals surface area contributed by atoms with Crippen LogP contribution in [0.2, 0.25) is 0 Å². The second-order valence-corrected chi connectivity index (χ2v) is 4.72. The third-order valence-electron chi connectivity index (χ3n) is 3.30. The molecule has 0 saturated carbocycles. The average molecular weight is 251 g/mol. The van der Waals surface area contributed by atoms with Gasteiger partial charge in [-0.1, -0.05) is 6.92 Å². The van der Waals surface area contributed by atoms with Crippen molar-refractivity contribution < 1.29 is 9.47 Å². The van der Waals surface area contributed by atoms with Crippen LogP contribution in [0.5, 0.6) is 5.88 Å². The molecule has 1 aliphatic rings. The zero-order chi connectivity index (χ0) is 13.0. The number of aromatic nitrogens is 2. The molecule has 0 spiro atoms. The molecule has 5 nitrogen and oxygen atoms in total. The van der Waals surface area contributed by atoms with Crippen LogP contribution in [-0.2, 0) is 4.74 Å². The maximum atomic E-state index is 5.82. The van der Waals surface area contributed by atoms with Crippen LogP contribution < -0.4 is 9.64 Å². The maximum Gasteiger partial charge on any atom is 0.234 e. The van der Waals surface area contributed by atoms with E-state index in [1.54, 1.807) is 12.4 Å². The maximum absolute atomic E-state index is 5.82. The molecule has 1 aromatic heterocycles. The van der Waals surface area contributed by atoms with Crippen LogP contribution >= 0.6 is 0 Å². The van der Waals surface area contributed by atoms with Crippen molar-refractivity contribution in [1.29, 1.82) is 0 Å². The van der Waals surface area contributed by atoms with Gasteiger partial charge in [-0.15, -0.1) is 0 Å². The van der Waals surface area contributed by atoms with Crippen LogP contribution in [0, 0.1) is 0 Å². The third kappa shape index (κ3) is 2.90. The first kappa shape index (κ1) is 13.1. The summed E-state index contributed by atoms with van der Waals surface area (Å²) in [4.78, 5) is 10.9. The molecule has 0 amide bonds. The number of hydrogen-bond acceptors (Lipinski definition) is 5. The van der Waals surface area contributed by atoms with Crippen LogP contribution in [0.25, 0.3) is 0 Å². The van der Waals surface area contributed by atoms with E-state index in [4.69, 9.17) is 9.47 Å². The molecule has 2 rings (SSSR count). The topological polar surface area (TPSA) is 47.5 Å². The standard InChI is InChI=1S/C13H21N3O2/c1-4-13(3)10-16(6-7-18-13)11-8-14-9-12(15-11)17-5-2/h8-9H,4-7,10H2,1-3H3. The van der Waals surface area contributed by atoms with Gasteiger partial charge in [0.25, 0.3) is 0 Å². The smallest absolute Gasteiger partial charge is 0.234 e. The van der Waals surface area contributed by atoms with Crippen LogP contribution in [0.3, 0.4) is 0 Å². The number of nitrogens with zero attached hydrogens (tertiary/aromatic N) is 3. The highest BCUT2D eigenvalue weighted by molar-refractivity contribution is 5.38. The van der Waals surface area contributed by atoms with E-state index in [2.05, 4.69) is 28.7 Å². The van der Waals surface area contributed by atoms with Gasteiger partial charge in [-0.25, -0.2) is 0 Å². The van der Waals surface area contributed by atoms with Gasteiger partial charge in [0, 0.05) is 13.1 Å². The Morgan fingerprint density at radius 3 is 3.00 bits per heavy atom. The molecule has 1 aromatic rings. The van der Waals surface area contributed by atoms with Crippen molar-refractivity contribution in [3.8, 4) is 5.88 Å². The minimum Gasteiger partial charge on any atom is -0.477 e. The summed E-state index contributed by atoms with van der Waals surface area (Å²) in [7, 11) is 0. The Morgan fingerprint density at radius 2 is 2.28 bits per heavy atom. The Hall–Kier alpha value is -1.36. The van der Waals surface area contributed by atoms with E-state index in [-0.39, 0.29) is 5.60 Å². The van der Waals surface area contributed by atoms with Crippen molar-refractivity contribution in [2.45, 2.75) is 32.8 Å². The highest BCUT2D eigenvalue weighted by Gasteiger charge is 2.31. The highest BCUT2D eigenvalue weighted by atomic mass is 16.5. The predicted octanol–water partition coefficient (Wildman–Crippen LogP) is 1.88. The zero-order valence-corrected chi connectivity index (χ0v) is 11.3. The summed E-state index contributed by atoms with van der Waals surface area (Å²) >= 11 is 0. The Morgan fingerprint density at radius 1 is 1.44 bits per heavy atom. The normalized spacial score (nSPS) is 24.1. The lowest BCUT2D eigenvalue weighted by Gasteiger charge is -2.40. The Balaban J connectivity index is 2.13. The number of anilines is 1. The molecule has 1 atom stereocenters. The number of ether oxygens (including phenoxy) is 2. The van der Waals surface area contributed by atoms with Gasteiger partial charge in [0.15, 0.2) is 5.82 Å².